The van der Waals surface area contributed by atoms with Crippen molar-refractivity contribution in [1.29, 1.82) is 0 Å². The zero-order valence-corrected chi connectivity index (χ0v) is 18.7. The Kier molecular flexibility index (Phi) is 7.17. The first-order valence-electron chi connectivity index (χ1n) is 10.5. The Labute approximate surface area is 183 Å². The maximum Gasteiger partial charge on any atom is 0.326 e. The van der Waals surface area contributed by atoms with Crippen molar-refractivity contribution in [2.45, 2.75) is 38.8 Å². The minimum Gasteiger partial charge on any atom is -0.493 e. The lowest BCUT2D eigenvalue weighted by atomic mass is 9.93. The van der Waals surface area contributed by atoms with Gasteiger partial charge in [-0.1, -0.05) is 36.4 Å². The maximum atomic E-state index is 13.0. The highest BCUT2D eigenvalue weighted by atomic mass is 16.5. The summed E-state index contributed by atoms with van der Waals surface area (Å²) in [5.74, 6) is 1.17. The summed E-state index contributed by atoms with van der Waals surface area (Å²) < 4.78 is 11.0. The fraction of sp³-hybridized carbons (Fsp3) is 0.417. The topological polar surface area (TPSA) is 71.1 Å². The van der Waals surface area contributed by atoms with Gasteiger partial charge in [0.05, 0.1) is 20.4 Å². The summed E-state index contributed by atoms with van der Waals surface area (Å²) >= 11 is 0. The Morgan fingerprint density at radius 1 is 1.06 bits per heavy atom. The molecule has 2 aromatic rings. The minimum absolute atomic E-state index is 0.190. The Bertz CT molecular complexity index is 918. The number of carbonyl (C=O) groups is 2. The summed E-state index contributed by atoms with van der Waals surface area (Å²) in [4.78, 5) is 28.8. The molecule has 31 heavy (non-hydrogen) atoms. The van der Waals surface area contributed by atoms with Crippen LogP contribution in [0.2, 0.25) is 0 Å². The Morgan fingerprint density at radius 3 is 2.48 bits per heavy atom. The van der Waals surface area contributed by atoms with Crippen LogP contribution < -0.4 is 14.8 Å². The van der Waals surface area contributed by atoms with Crippen LogP contribution in [-0.2, 0) is 17.8 Å². The van der Waals surface area contributed by atoms with Crippen LogP contribution >= 0.6 is 0 Å². The van der Waals surface area contributed by atoms with Crippen molar-refractivity contribution in [2.24, 2.45) is 0 Å². The molecule has 0 spiro atoms. The van der Waals surface area contributed by atoms with Gasteiger partial charge >= 0.3 is 6.03 Å². The van der Waals surface area contributed by atoms with Crippen LogP contribution in [0.3, 0.4) is 0 Å². The fourth-order valence-corrected chi connectivity index (χ4v) is 3.77. The van der Waals surface area contributed by atoms with Crippen molar-refractivity contribution in [3.8, 4) is 11.5 Å². The summed E-state index contributed by atoms with van der Waals surface area (Å²) in [7, 11) is 3.48. The summed E-state index contributed by atoms with van der Waals surface area (Å²) in [6, 6.07) is 15.4. The van der Waals surface area contributed by atoms with Gasteiger partial charge in [-0.2, -0.15) is 0 Å². The van der Waals surface area contributed by atoms with Gasteiger partial charge in [-0.25, -0.2) is 9.69 Å². The average Bonchev–Trinajstić information content (AvgIpc) is 2.97. The van der Waals surface area contributed by atoms with E-state index in [9.17, 15) is 9.59 Å². The number of hydrogen-bond donors (Lipinski definition) is 1. The van der Waals surface area contributed by atoms with Crippen molar-refractivity contribution < 1.29 is 19.1 Å². The maximum absolute atomic E-state index is 13.0. The SMILES string of the molecule is CCOc1ccc(CN(C)CN2C(=O)N[C@@](C)(CCc3ccccc3)C2=O)cc1OC. The van der Waals surface area contributed by atoms with E-state index in [1.807, 2.05) is 67.4 Å². The molecule has 1 fully saturated rings. The molecule has 3 amide bonds. The molecule has 7 nitrogen and oxygen atoms in total. The van der Waals surface area contributed by atoms with Gasteiger partial charge in [0.1, 0.15) is 5.54 Å². The van der Waals surface area contributed by atoms with Crippen LogP contribution in [0, 0.1) is 0 Å². The van der Waals surface area contributed by atoms with Crippen molar-refractivity contribution in [2.75, 3.05) is 27.4 Å². The largest absolute Gasteiger partial charge is 0.493 e. The van der Waals surface area contributed by atoms with Crippen LogP contribution in [0.25, 0.3) is 0 Å². The van der Waals surface area contributed by atoms with Crippen LogP contribution in [0.1, 0.15) is 31.4 Å². The summed E-state index contributed by atoms with van der Waals surface area (Å²) in [6.45, 7) is 5.05. The number of amides is 3. The number of aryl methyl sites for hydroxylation is 1. The molecule has 1 heterocycles. The molecule has 0 saturated carbocycles. The van der Waals surface area contributed by atoms with E-state index >= 15 is 0 Å². The molecule has 1 atom stereocenters. The minimum atomic E-state index is -0.893. The first-order valence-corrected chi connectivity index (χ1v) is 10.5. The van der Waals surface area contributed by atoms with E-state index in [0.717, 1.165) is 17.5 Å². The van der Waals surface area contributed by atoms with E-state index < -0.39 is 5.54 Å². The average molecular weight is 426 g/mol. The summed E-state index contributed by atoms with van der Waals surface area (Å²) in [5.41, 5.74) is 1.25. The molecule has 0 bridgehead atoms. The van der Waals surface area contributed by atoms with E-state index in [1.54, 1.807) is 14.0 Å². The summed E-state index contributed by atoms with van der Waals surface area (Å²) in [5, 5.41) is 2.88. The van der Waals surface area contributed by atoms with Gasteiger partial charge in [-0.05, 0) is 57.0 Å². The molecule has 2 aromatic carbocycles. The zero-order valence-electron chi connectivity index (χ0n) is 18.7. The van der Waals surface area contributed by atoms with Gasteiger partial charge in [0.25, 0.3) is 5.91 Å². The molecule has 0 aliphatic carbocycles. The lowest BCUT2D eigenvalue weighted by Gasteiger charge is -2.25. The van der Waals surface area contributed by atoms with Gasteiger partial charge in [-0.15, -0.1) is 0 Å². The van der Waals surface area contributed by atoms with Crippen LogP contribution in [0.5, 0.6) is 11.5 Å². The van der Waals surface area contributed by atoms with Crippen molar-refractivity contribution in [1.82, 2.24) is 15.1 Å². The Balaban J connectivity index is 1.61. The highest BCUT2D eigenvalue weighted by molar-refractivity contribution is 6.06. The Hall–Kier alpha value is -3.06. The predicted molar refractivity (Wildman–Crippen MR) is 119 cm³/mol. The van der Waals surface area contributed by atoms with E-state index in [4.69, 9.17) is 9.47 Å². The number of nitrogens with one attached hydrogen (secondary N) is 1. The number of urea groups is 1. The zero-order chi connectivity index (χ0) is 22.4. The third kappa shape index (κ3) is 5.35. The molecule has 0 unspecified atom stereocenters. The number of carbonyl (C=O) groups excluding carboxylic acids is 2. The van der Waals surface area contributed by atoms with Crippen LogP contribution in [0.4, 0.5) is 4.79 Å². The van der Waals surface area contributed by atoms with E-state index in [2.05, 4.69) is 5.32 Å². The first-order chi connectivity index (χ1) is 14.9. The number of imide groups is 1. The third-order valence-electron chi connectivity index (χ3n) is 5.46. The lowest BCUT2D eigenvalue weighted by molar-refractivity contribution is -0.132. The second kappa shape index (κ2) is 9.83. The molecular formula is C24H31N3O4. The predicted octanol–water partition coefficient (Wildman–Crippen LogP) is 3.43. The van der Waals surface area contributed by atoms with Gasteiger partial charge in [0, 0.05) is 6.54 Å². The number of benzene rings is 2. The molecule has 1 saturated heterocycles. The molecule has 1 aliphatic heterocycles. The van der Waals surface area contributed by atoms with Crippen molar-refractivity contribution >= 4 is 11.9 Å². The smallest absolute Gasteiger partial charge is 0.326 e. The highest BCUT2D eigenvalue weighted by Crippen LogP contribution is 2.29. The molecular weight excluding hydrogens is 394 g/mol. The molecule has 1 N–H and O–H groups in total. The van der Waals surface area contributed by atoms with Gasteiger partial charge in [0.15, 0.2) is 11.5 Å². The van der Waals surface area contributed by atoms with E-state index in [-0.39, 0.29) is 18.6 Å². The standard InChI is InChI=1S/C24H31N3O4/c1-5-31-20-12-11-19(15-21(20)30-4)16-26(3)17-27-22(28)24(2,25-23(27)29)14-13-18-9-7-6-8-10-18/h6-12,15H,5,13-14,16-17H2,1-4H3,(H,25,29)/t24-/m0/s1. The second-order valence-electron chi connectivity index (χ2n) is 8.05. The first kappa shape index (κ1) is 22.6. The highest BCUT2D eigenvalue weighted by Gasteiger charge is 2.47. The summed E-state index contributed by atoms with van der Waals surface area (Å²) in [6.07, 6.45) is 1.27. The van der Waals surface area contributed by atoms with E-state index in [1.165, 1.54) is 4.90 Å². The number of hydrogen-bond acceptors (Lipinski definition) is 5. The van der Waals surface area contributed by atoms with Crippen LogP contribution in [0.15, 0.2) is 48.5 Å². The second-order valence-corrected chi connectivity index (χ2v) is 8.05. The molecule has 1 aliphatic rings. The number of rotatable bonds is 10. The number of methoxy groups -OCH3 is 1. The molecule has 7 heteroatoms. The van der Waals surface area contributed by atoms with E-state index in [0.29, 0.717) is 31.1 Å². The lowest BCUT2D eigenvalue weighted by Crippen LogP contribution is -2.45. The monoisotopic (exact) mass is 425 g/mol. The van der Waals surface area contributed by atoms with Crippen molar-refractivity contribution in [3.05, 3.63) is 59.7 Å². The number of ether oxygens (including phenoxy) is 2. The van der Waals surface area contributed by atoms with Crippen molar-refractivity contribution in [3.63, 3.8) is 0 Å². The fourth-order valence-electron chi connectivity index (χ4n) is 3.77. The van der Waals surface area contributed by atoms with Crippen LogP contribution in [-0.4, -0.2) is 54.7 Å². The number of nitrogens with zero attached hydrogens (tertiary/aromatic N) is 2. The molecule has 0 radical (unpaired) electrons. The van der Waals surface area contributed by atoms with Gasteiger partial charge in [0.2, 0.25) is 0 Å². The Morgan fingerprint density at radius 2 is 1.81 bits per heavy atom. The quantitative estimate of drug-likeness (QED) is 0.591. The normalized spacial score (nSPS) is 18.4. The molecule has 0 aromatic heterocycles. The van der Waals surface area contributed by atoms with Gasteiger partial charge < -0.3 is 14.8 Å². The van der Waals surface area contributed by atoms with Gasteiger partial charge in [-0.3, -0.25) is 9.69 Å². The third-order valence-corrected chi connectivity index (χ3v) is 5.46. The molecule has 3 rings (SSSR count). The molecule has 166 valence electrons.